The Hall–Kier alpha value is -1.51. The highest BCUT2D eigenvalue weighted by atomic mass is 79.9. The van der Waals surface area contributed by atoms with E-state index in [-0.39, 0.29) is 22.4 Å². The Balaban J connectivity index is 2.11. The van der Waals surface area contributed by atoms with Crippen LogP contribution < -0.4 is 10.7 Å². The number of carbonyl (C=O) groups is 2. The van der Waals surface area contributed by atoms with E-state index in [1.54, 1.807) is 31.2 Å². The zero-order valence-electron chi connectivity index (χ0n) is 12.5. The highest BCUT2D eigenvalue weighted by Gasteiger charge is 2.48. The normalized spacial score (nSPS) is 23.2. The number of ether oxygens (including phenoxy) is 1. The third-order valence-corrected chi connectivity index (χ3v) is 5.87. The summed E-state index contributed by atoms with van der Waals surface area (Å²) in [6.07, 6.45) is 0. The summed E-state index contributed by atoms with van der Waals surface area (Å²) in [5, 5.41) is 6.33. The van der Waals surface area contributed by atoms with Gasteiger partial charge in [0.25, 0.3) is 5.91 Å². The molecule has 1 aromatic rings. The van der Waals surface area contributed by atoms with Gasteiger partial charge in [-0.15, -0.1) is 0 Å². The van der Waals surface area contributed by atoms with Crippen LogP contribution in [0, 0.1) is 5.92 Å². The molecular formula is C15H13BrClN3O3S. The van der Waals surface area contributed by atoms with Crippen molar-refractivity contribution in [3.05, 3.63) is 39.9 Å². The van der Waals surface area contributed by atoms with Gasteiger partial charge < -0.3 is 10.5 Å². The van der Waals surface area contributed by atoms with Crippen molar-refractivity contribution in [2.45, 2.75) is 11.1 Å². The molecule has 0 aliphatic carbocycles. The van der Waals surface area contributed by atoms with E-state index in [2.05, 4.69) is 21.0 Å². The number of nitrogens with zero attached hydrogens (tertiary/aromatic N) is 2. The van der Waals surface area contributed by atoms with Gasteiger partial charge in [-0.3, -0.25) is 4.79 Å². The summed E-state index contributed by atoms with van der Waals surface area (Å²) in [5.74, 6) is -1.46. The summed E-state index contributed by atoms with van der Waals surface area (Å²) < 4.78 is 4.85. The van der Waals surface area contributed by atoms with Crippen LogP contribution in [-0.2, 0) is 14.3 Å². The van der Waals surface area contributed by atoms with Crippen molar-refractivity contribution < 1.29 is 14.3 Å². The number of hydrogen-bond acceptors (Lipinski definition) is 6. The third kappa shape index (κ3) is 2.94. The maximum atomic E-state index is 12.8. The van der Waals surface area contributed by atoms with Gasteiger partial charge in [-0.1, -0.05) is 39.3 Å². The summed E-state index contributed by atoms with van der Waals surface area (Å²) in [5.41, 5.74) is 7.01. The first kappa shape index (κ1) is 17.3. The van der Waals surface area contributed by atoms with Crippen LogP contribution in [0.5, 0.6) is 0 Å². The van der Waals surface area contributed by atoms with Gasteiger partial charge in [0.05, 0.1) is 33.0 Å². The van der Waals surface area contributed by atoms with E-state index in [4.69, 9.17) is 22.1 Å². The number of fused-ring (bicyclic) bond motifs is 1. The van der Waals surface area contributed by atoms with E-state index in [1.807, 2.05) is 0 Å². The van der Waals surface area contributed by atoms with Crippen LogP contribution in [0.4, 0.5) is 5.69 Å². The number of anilines is 1. The standard InChI is InChI=1S/C15H13BrClN3O3S/c1-2-23-15(22)11-9-10(13(18)24-12(9)16)14(21)20(19-11)8-5-3-7(17)4-6-8/h3-6,9,12H,2,18H2,1H3. The Bertz CT molecular complexity index is 766. The average molecular weight is 431 g/mol. The molecule has 24 heavy (non-hydrogen) atoms. The minimum atomic E-state index is -0.564. The van der Waals surface area contributed by atoms with Crippen molar-refractivity contribution in [2.24, 2.45) is 16.8 Å². The first-order valence-corrected chi connectivity index (χ1v) is 9.27. The van der Waals surface area contributed by atoms with Crippen LogP contribution in [0.3, 0.4) is 0 Å². The van der Waals surface area contributed by atoms with Crippen LogP contribution in [0.2, 0.25) is 5.02 Å². The van der Waals surface area contributed by atoms with Crippen LogP contribution >= 0.6 is 39.3 Å². The molecule has 0 bridgehead atoms. The van der Waals surface area contributed by atoms with Crippen LogP contribution in [0.25, 0.3) is 0 Å². The van der Waals surface area contributed by atoms with Gasteiger partial charge >= 0.3 is 5.97 Å². The number of hydrogen-bond donors (Lipinski definition) is 1. The third-order valence-electron chi connectivity index (χ3n) is 3.56. The van der Waals surface area contributed by atoms with E-state index in [9.17, 15) is 9.59 Å². The fourth-order valence-corrected chi connectivity index (χ4v) is 4.73. The first-order chi connectivity index (χ1) is 11.4. The molecule has 1 aromatic carbocycles. The largest absolute Gasteiger partial charge is 0.461 e. The monoisotopic (exact) mass is 429 g/mol. The fourth-order valence-electron chi connectivity index (χ4n) is 2.50. The highest BCUT2D eigenvalue weighted by molar-refractivity contribution is 9.11. The highest BCUT2D eigenvalue weighted by Crippen LogP contribution is 2.46. The van der Waals surface area contributed by atoms with Gasteiger partial charge in [0.2, 0.25) is 0 Å². The van der Waals surface area contributed by atoms with Crippen LogP contribution in [0.1, 0.15) is 6.92 Å². The molecular weight excluding hydrogens is 418 g/mol. The lowest BCUT2D eigenvalue weighted by Gasteiger charge is -2.29. The van der Waals surface area contributed by atoms with E-state index < -0.39 is 11.9 Å². The second-order valence-corrected chi connectivity index (χ2v) is 8.24. The minimum absolute atomic E-state index is 0.149. The number of amides is 1. The number of halogens is 2. The number of carbonyl (C=O) groups excluding carboxylic acids is 2. The number of alkyl halides is 1. The Morgan fingerprint density at radius 3 is 2.75 bits per heavy atom. The molecule has 0 aromatic heterocycles. The summed E-state index contributed by atoms with van der Waals surface area (Å²) in [4.78, 5) is 25.2. The Labute approximate surface area is 156 Å². The number of hydrazone groups is 1. The Morgan fingerprint density at radius 2 is 2.12 bits per heavy atom. The molecule has 0 saturated heterocycles. The second kappa shape index (κ2) is 6.78. The van der Waals surface area contributed by atoms with E-state index in [0.717, 1.165) is 5.01 Å². The van der Waals surface area contributed by atoms with Gasteiger partial charge in [-0.05, 0) is 31.2 Å². The molecule has 2 atom stereocenters. The summed E-state index contributed by atoms with van der Waals surface area (Å²) in [6.45, 7) is 1.93. The van der Waals surface area contributed by atoms with Crippen LogP contribution in [-0.4, -0.2) is 28.4 Å². The maximum Gasteiger partial charge on any atom is 0.355 e. The average Bonchev–Trinajstić information content (AvgIpc) is 2.84. The lowest BCUT2D eigenvalue weighted by atomic mass is 9.93. The van der Waals surface area contributed by atoms with Crippen molar-refractivity contribution in [3.63, 3.8) is 0 Å². The minimum Gasteiger partial charge on any atom is -0.461 e. The van der Waals surface area contributed by atoms with Crippen molar-refractivity contribution in [1.29, 1.82) is 0 Å². The molecule has 2 unspecified atom stereocenters. The molecule has 2 aliphatic heterocycles. The SMILES string of the molecule is CCOC(=O)C1=NN(c2ccc(Cl)cc2)C(=O)C2=C(N)SC(Br)C12. The zero-order valence-corrected chi connectivity index (χ0v) is 15.7. The van der Waals surface area contributed by atoms with Gasteiger partial charge in [-0.25, -0.2) is 4.79 Å². The number of nitrogens with two attached hydrogens (primary N) is 1. The van der Waals surface area contributed by atoms with Gasteiger partial charge in [-0.2, -0.15) is 10.1 Å². The molecule has 6 nitrogen and oxygen atoms in total. The zero-order chi connectivity index (χ0) is 17.4. The van der Waals surface area contributed by atoms with Crippen molar-refractivity contribution in [1.82, 2.24) is 0 Å². The molecule has 2 aliphatic rings. The first-order valence-electron chi connectivity index (χ1n) is 7.10. The molecule has 0 spiro atoms. The van der Waals surface area contributed by atoms with Gasteiger partial charge in [0.1, 0.15) is 0 Å². The molecule has 0 radical (unpaired) electrons. The maximum absolute atomic E-state index is 12.8. The lowest BCUT2D eigenvalue weighted by molar-refractivity contribution is -0.135. The number of thioether (sulfide) groups is 1. The van der Waals surface area contributed by atoms with Crippen molar-refractivity contribution in [2.75, 3.05) is 11.6 Å². The Kier molecular flexibility index (Phi) is 4.89. The molecule has 2 heterocycles. The predicted molar refractivity (Wildman–Crippen MR) is 98.0 cm³/mol. The number of esters is 1. The van der Waals surface area contributed by atoms with Crippen molar-refractivity contribution in [3.8, 4) is 0 Å². The van der Waals surface area contributed by atoms with Crippen molar-refractivity contribution >= 4 is 62.6 Å². The van der Waals surface area contributed by atoms with Crippen LogP contribution in [0.15, 0.2) is 40.0 Å². The molecule has 1 amide bonds. The summed E-state index contributed by atoms with van der Waals surface area (Å²) in [6, 6.07) is 6.59. The summed E-state index contributed by atoms with van der Waals surface area (Å²) in [7, 11) is 0. The molecule has 0 fully saturated rings. The topological polar surface area (TPSA) is 85.0 Å². The van der Waals surface area contributed by atoms with E-state index in [1.165, 1.54) is 11.8 Å². The predicted octanol–water partition coefficient (Wildman–Crippen LogP) is 2.86. The van der Waals surface area contributed by atoms with E-state index >= 15 is 0 Å². The molecule has 2 N–H and O–H groups in total. The molecule has 9 heteroatoms. The quantitative estimate of drug-likeness (QED) is 0.589. The van der Waals surface area contributed by atoms with Gasteiger partial charge in [0, 0.05) is 5.02 Å². The number of benzene rings is 1. The lowest BCUT2D eigenvalue weighted by Crippen LogP contribution is -2.44. The smallest absolute Gasteiger partial charge is 0.355 e. The molecule has 0 saturated carbocycles. The number of rotatable bonds is 3. The Morgan fingerprint density at radius 1 is 1.46 bits per heavy atom. The molecule has 3 rings (SSSR count). The summed E-state index contributed by atoms with van der Waals surface area (Å²) >= 11 is 10.6. The second-order valence-electron chi connectivity index (χ2n) is 5.02. The van der Waals surface area contributed by atoms with Gasteiger partial charge in [0.15, 0.2) is 5.71 Å². The van der Waals surface area contributed by atoms with E-state index in [0.29, 0.717) is 21.3 Å². The molecule has 126 valence electrons. The fraction of sp³-hybridized carbons (Fsp3) is 0.267.